The molecular weight excluding hydrogens is 206 g/mol. The van der Waals surface area contributed by atoms with Crippen LogP contribution >= 0.6 is 0 Å². The van der Waals surface area contributed by atoms with E-state index < -0.39 is 11.1 Å². The van der Waals surface area contributed by atoms with E-state index in [2.05, 4.69) is 0 Å². The maximum Gasteiger partial charge on any atom is 0.333 e. The van der Waals surface area contributed by atoms with Gasteiger partial charge in [-0.05, 0) is 41.0 Å². The summed E-state index contributed by atoms with van der Waals surface area (Å²) in [6, 6.07) is 0. The minimum absolute atomic E-state index is 0.309. The monoisotopic (exact) mass is 226 g/mol. The zero-order valence-electron chi connectivity index (χ0n) is 10.7. The van der Waals surface area contributed by atoms with Crippen LogP contribution in [0.15, 0.2) is 11.6 Å². The van der Waals surface area contributed by atoms with E-state index in [0.717, 1.165) is 5.06 Å². The third-order valence-corrected chi connectivity index (χ3v) is 2.76. The first kappa shape index (κ1) is 13.2. The summed E-state index contributed by atoms with van der Waals surface area (Å²) < 4.78 is 4.98. The Kier molecular flexibility index (Phi) is 3.45. The minimum atomic E-state index is -0.663. The van der Waals surface area contributed by atoms with Gasteiger partial charge in [-0.1, -0.05) is 6.08 Å². The van der Waals surface area contributed by atoms with Gasteiger partial charge in [0.25, 0.3) is 0 Å². The molecule has 1 heterocycles. The summed E-state index contributed by atoms with van der Waals surface area (Å²) in [5.41, 5.74) is -0.631. The molecule has 4 heteroatoms. The molecule has 0 aromatic rings. The largest absolute Gasteiger partial charge is 0.463 e. The number of carbonyl (C=O) groups is 1. The number of carbonyl (C=O) groups excluding carboxylic acids is 1. The van der Waals surface area contributed by atoms with Crippen LogP contribution in [-0.4, -0.2) is 28.7 Å². The topological polar surface area (TPSA) is 49.4 Å². The number of hydrogen-bond donors (Lipinski definition) is 0. The molecule has 16 heavy (non-hydrogen) atoms. The molecule has 0 N–H and O–H groups in total. The standard InChI is InChI=1S/C12H20NO3/c1-6-16-10(14)9-7-11(2,3)13(15)12(4,5)8-9/h7H,6,8H2,1-5H3. The van der Waals surface area contributed by atoms with Crippen LogP contribution in [0.3, 0.4) is 0 Å². The van der Waals surface area contributed by atoms with Gasteiger partial charge in [-0.15, -0.1) is 10.3 Å². The van der Waals surface area contributed by atoms with E-state index in [1.54, 1.807) is 26.8 Å². The molecule has 0 bridgehead atoms. The maximum atomic E-state index is 12.0. The van der Waals surface area contributed by atoms with Crippen LogP contribution in [0, 0.1) is 0 Å². The second kappa shape index (κ2) is 4.18. The molecule has 0 saturated heterocycles. The third-order valence-electron chi connectivity index (χ3n) is 2.76. The number of esters is 1. The smallest absolute Gasteiger partial charge is 0.333 e. The van der Waals surface area contributed by atoms with Gasteiger partial charge in [-0.2, -0.15) is 0 Å². The third kappa shape index (κ3) is 2.44. The fourth-order valence-electron chi connectivity index (χ4n) is 2.21. The van der Waals surface area contributed by atoms with Gasteiger partial charge < -0.3 is 4.74 Å². The molecule has 0 aliphatic carbocycles. The van der Waals surface area contributed by atoms with Gasteiger partial charge in [0.05, 0.1) is 12.1 Å². The van der Waals surface area contributed by atoms with Gasteiger partial charge >= 0.3 is 5.97 Å². The van der Waals surface area contributed by atoms with Gasteiger partial charge in [0, 0.05) is 11.1 Å². The quantitative estimate of drug-likeness (QED) is 0.677. The van der Waals surface area contributed by atoms with Crippen LogP contribution in [0.1, 0.15) is 41.0 Å². The number of nitrogens with zero attached hydrogens (tertiary/aromatic N) is 1. The van der Waals surface area contributed by atoms with E-state index in [9.17, 15) is 10.0 Å². The van der Waals surface area contributed by atoms with E-state index in [1.165, 1.54) is 0 Å². The van der Waals surface area contributed by atoms with Crippen LogP contribution in [0.2, 0.25) is 0 Å². The summed E-state index contributed by atoms with van der Waals surface area (Å²) >= 11 is 0. The van der Waals surface area contributed by atoms with Gasteiger partial charge in [0.1, 0.15) is 0 Å². The van der Waals surface area contributed by atoms with Crippen molar-refractivity contribution < 1.29 is 14.7 Å². The summed E-state index contributed by atoms with van der Waals surface area (Å²) in [7, 11) is 0. The Bertz CT molecular complexity index is 318. The molecule has 1 aliphatic heterocycles. The predicted molar refractivity (Wildman–Crippen MR) is 60.0 cm³/mol. The van der Waals surface area contributed by atoms with Crippen molar-refractivity contribution in [2.75, 3.05) is 6.61 Å². The molecule has 1 aliphatic rings. The first-order valence-corrected chi connectivity index (χ1v) is 5.57. The lowest BCUT2D eigenvalue weighted by Gasteiger charge is -2.44. The molecule has 4 nitrogen and oxygen atoms in total. The summed E-state index contributed by atoms with van der Waals surface area (Å²) in [5, 5.41) is 13.1. The predicted octanol–water partition coefficient (Wildman–Crippen LogP) is 2.08. The van der Waals surface area contributed by atoms with Crippen LogP contribution in [0.5, 0.6) is 0 Å². The maximum absolute atomic E-state index is 12.0. The van der Waals surface area contributed by atoms with Crippen molar-refractivity contribution in [3.8, 4) is 0 Å². The molecule has 0 aromatic heterocycles. The lowest BCUT2D eigenvalue weighted by atomic mass is 9.83. The average Bonchev–Trinajstić information content (AvgIpc) is 2.13. The Hall–Kier alpha value is -0.870. The highest BCUT2D eigenvalue weighted by Crippen LogP contribution is 2.36. The van der Waals surface area contributed by atoms with Crippen LogP contribution in [-0.2, 0) is 14.7 Å². The molecule has 0 fully saturated rings. The lowest BCUT2D eigenvalue weighted by molar-refractivity contribution is -0.263. The number of rotatable bonds is 2. The van der Waals surface area contributed by atoms with Crippen molar-refractivity contribution in [2.24, 2.45) is 0 Å². The molecular formula is C12H20NO3. The SMILES string of the molecule is CCOC(=O)C1=CC(C)(C)N([O])C(C)(C)C1. The molecule has 0 aromatic carbocycles. The van der Waals surface area contributed by atoms with Gasteiger partial charge in [0.2, 0.25) is 0 Å². The average molecular weight is 226 g/mol. The van der Waals surface area contributed by atoms with Gasteiger partial charge in [0.15, 0.2) is 0 Å². The molecule has 91 valence electrons. The van der Waals surface area contributed by atoms with E-state index in [0.29, 0.717) is 18.6 Å². The van der Waals surface area contributed by atoms with Crippen molar-refractivity contribution in [3.05, 3.63) is 11.6 Å². The minimum Gasteiger partial charge on any atom is -0.463 e. The van der Waals surface area contributed by atoms with E-state index in [1.807, 2.05) is 13.8 Å². The van der Waals surface area contributed by atoms with Crippen molar-refractivity contribution in [2.45, 2.75) is 52.1 Å². The second-order valence-electron chi connectivity index (χ2n) is 5.33. The van der Waals surface area contributed by atoms with Crippen molar-refractivity contribution in [1.29, 1.82) is 0 Å². The molecule has 1 radical (unpaired) electrons. The summed E-state index contributed by atoms with van der Waals surface area (Å²) in [5.74, 6) is -0.309. The van der Waals surface area contributed by atoms with Crippen molar-refractivity contribution in [3.63, 3.8) is 0 Å². The van der Waals surface area contributed by atoms with E-state index >= 15 is 0 Å². The van der Waals surface area contributed by atoms with Gasteiger partial charge in [-0.25, -0.2) is 4.79 Å². The highest BCUT2D eigenvalue weighted by molar-refractivity contribution is 5.89. The highest BCUT2D eigenvalue weighted by Gasteiger charge is 2.43. The Morgan fingerprint density at radius 3 is 2.44 bits per heavy atom. The number of hydroxylamine groups is 2. The molecule has 1 rings (SSSR count). The zero-order valence-corrected chi connectivity index (χ0v) is 10.7. The van der Waals surface area contributed by atoms with Crippen molar-refractivity contribution >= 4 is 5.97 Å². The highest BCUT2D eigenvalue weighted by atomic mass is 16.5. The molecule has 0 amide bonds. The normalized spacial score (nSPS) is 23.8. The van der Waals surface area contributed by atoms with Crippen LogP contribution in [0.25, 0.3) is 0 Å². The summed E-state index contributed by atoms with van der Waals surface area (Å²) in [6.07, 6.45) is 2.14. The fourth-order valence-corrected chi connectivity index (χ4v) is 2.21. The second-order valence-corrected chi connectivity index (χ2v) is 5.33. The van der Waals surface area contributed by atoms with Gasteiger partial charge in [-0.3, -0.25) is 0 Å². The van der Waals surface area contributed by atoms with E-state index in [4.69, 9.17) is 4.74 Å². The molecule has 0 unspecified atom stereocenters. The Morgan fingerprint density at radius 2 is 2.00 bits per heavy atom. The zero-order chi connectivity index (χ0) is 12.6. The van der Waals surface area contributed by atoms with Crippen LogP contribution < -0.4 is 0 Å². The fraction of sp³-hybridized carbons (Fsp3) is 0.750. The summed E-state index contributed by atoms with van der Waals surface area (Å²) in [4.78, 5) is 11.7. The first-order valence-electron chi connectivity index (χ1n) is 5.57. The first-order chi connectivity index (χ1) is 7.20. The lowest BCUT2D eigenvalue weighted by Crippen LogP contribution is -2.55. The Balaban J connectivity index is 3.01. The van der Waals surface area contributed by atoms with E-state index in [-0.39, 0.29) is 5.97 Å². The summed E-state index contributed by atoms with van der Waals surface area (Å²) in [6.45, 7) is 9.43. The Morgan fingerprint density at radius 1 is 1.44 bits per heavy atom. The molecule has 0 atom stereocenters. The molecule has 0 saturated carbocycles. The molecule has 0 spiro atoms. The number of hydrogen-bond acceptors (Lipinski definition) is 3. The Labute approximate surface area is 96.8 Å². The van der Waals surface area contributed by atoms with Crippen molar-refractivity contribution in [1.82, 2.24) is 5.06 Å². The van der Waals surface area contributed by atoms with Crippen LogP contribution in [0.4, 0.5) is 0 Å². The number of ether oxygens (including phenoxy) is 1.